The van der Waals surface area contributed by atoms with Crippen LogP contribution in [0.4, 0.5) is 4.79 Å². The first-order chi connectivity index (χ1) is 15.2. The van der Waals surface area contributed by atoms with E-state index in [0.717, 1.165) is 37.0 Å². The highest BCUT2D eigenvalue weighted by molar-refractivity contribution is 5.93. The number of methoxy groups -OCH3 is 1. The van der Waals surface area contributed by atoms with Crippen molar-refractivity contribution in [2.75, 3.05) is 13.7 Å². The number of cyclic esters (lactones) is 1. The quantitative estimate of drug-likeness (QED) is 0.420. The number of hydrogen-bond donors (Lipinski definition) is 0. The maximum Gasteiger partial charge on any atom is 0.416 e. The van der Waals surface area contributed by atoms with E-state index in [-0.39, 0.29) is 18.6 Å². The highest BCUT2D eigenvalue weighted by Gasteiger charge is 2.37. The molecule has 31 heavy (non-hydrogen) atoms. The zero-order chi connectivity index (χ0) is 21.9. The molecule has 0 aromatic heterocycles. The number of amides is 2. The SMILES string of the molecule is COc1ccc(CCCCCCCCC(=O)N2C(=O)OC[C@@H]2Cc2ccccc2)cc1. The van der Waals surface area contributed by atoms with Gasteiger partial charge >= 0.3 is 6.09 Å². The molecular formula is C26H33NO4. The first-order valence-corrected chi connectivity index (χ1v) is 11.3. The summed E-state index contributed by atoms with van der Waals surface area (Å²) in [6.07, 6.45) is 8.13. The number of carbonyl (C=O) groups is 2. The standard InChI is InChI=1S/C26H33NO4/c1-30-24-17-15-21(16-18-24)11-7-4-2-3-5-10-14-25(28)27-23(20-31-26(27)29)19-22-12-8-6-9-13-22/h6,8-9,12-13,15-18,23H,2-5,7,10-11,14,19-20H2,1H3/t23-/m0/s1. The van der Waals surface area contributed by atoms with Crippen LogP contribution in [0.1, 0.15) is 56.1 Å². The van der Waals surface area contributed by atoms with Crippen LogP contribution in [0, 0.1) is 0 Å². The average molecular weight is 424 g/mol. The van der Waals surface area contributed by atoms with Crippen LogP contribution in [0.15, 0.2) is 54.6 Å². The van der Waals surface area contributed by atoms with Gasteiger partial charge in [0.1, 0.15) is 12.4 Å². The minimum atomic E-state index is -0.496. The fourth-order valence-corrected chi connectivity index (χ4v) is 4.03. The number of rotatable bonds is 12. The average Bonchev–Trinajstić information content (AvgIpc) is 3.16. The summed E-state index contributed by atoms with van der Waals surface area (Å²) in [6, 6.07) is 18.0. The first kappa shape index (κ1) is 22.9. The Morgan fingerprint density at radius 1 is 0.935 bits per heavy atom. The van der Waals surface area contributed by atoms with Crippen molar-refractivity contribution < 1.29 is 19.1 Å². The third-order valence-corrected chi connectivity index (χ3v) is 5.81. The minimum absolute atomic E-state index is 0.108. The molecule has 3 rings (SSSR count). The lowest BCUT2D eigenvalue weighted by Crippen LogP contribution is -2.40. The largest absolute Gasteiger partial charge is 0.497 e. The van der Waals surface area contributed by atoms with Crippen LogP contribution in [0.3, 0.4) is 0 Å². The Hall–Kier alpha value is -2.82. The summed E-state index contributed by atoms with van der Waals surface area (Å²) < 4.78 is 10.3. The smallest absolute Gasteiger partial charge is 0.416 e. The van der Waals surface area contributed by atoms with Gasteiger partial charge in [-0.15, -0.1) is 0 Å². The predicted molar refractivity (Wildman–Crippen MR) is 121 cm³/mol. The van der Waals surface area contributed by atoms with Gasteiger partial charge in [-0.1, -0.05) is 68.1 Å². The molecular weight excluding hydrogens is 390 g/mol. The number of aryl methyl sites for hydroxylation is 1. The summed E-state index contributed by atoms with van der Waals surface area (Å²) in [6.45, 7) is 0.285. The molecule has 166 valence electrons. The highest BCUT2D eigenvalue weighted by Crippen LogP contribution is 2.20. The lowest BCUT2D eigenvalue weighted by molar-refractivity contribution is -0.129. The van der Waals surface area contributed by atoms with Crippen molar-refractivity contribution >= 4 is 12.0 Å². The second-order valence-electron chi connectivity index (χ2n) is 8.15. The van der Waals surface area contributed by atoms with Crippen LogP contribution < -0.4 is 4.74 Å². The van der Waals surface area contributed by atoms with Crippen LogP contribution in [0.2, 0.25) is 0 Å². The maximum absolute atomic E-state index is 12.6. The van der Waals surface area contributed by atoms with Gasteiger partial charge < -0.3 is 9.47 Å². The van der Waals surface area contributed by atoms with Crippen molar-refractivity contribution in [3.63, 3.8) is 0 Å². The van der Waals surface area contributed by atoms with Gasteiger partial charge in [0.25, 0.3) is 0 Å². The molecule has 2 amide bonds. The lowest BCUT2D eigenvalue weighted by Gasteiger charge is -2.19. The molecule has 0 aliphatic carbocycles. The number of benzene rings is 2. The van der Waals surface area contributed by atoms with Gasteiger partial charge in [-0.2, -0.15) is 0 Å². The monoisotopic (exact) mass is 423 g/mol. The van der Waals surface area contributed by atoms with E-state index in [2.05, 4.69) is 12.1 Å². The molecule has 1 heterocycles. The first-order valence-electron chi connectivity index (χ1n) is 11.3. The Morgan fingerprint density at radius 3 is 2.32 bits per heavy atom. The zero-order valence-corrected chi connectivity index (χ0v) is 18.4. The molecule has 0 radical (unpaired) electrons. The molecule has 0 unspecified atom stereocenters. The Kier molecular flexibility index (Phi) is 8.95. The molecule has 1 atom stereocenters. The molecule has 0 N–H and O–H groups in total. The minimum Gasteiger partial charge on any atom is -0.497 e. The predicted octanol–water partition coefficient (Wildman–Crippen LogP) is 5.56. The summed E-state index contributed by atoms with van der Waals surface area (Å²) in [4.78, 5) is 26.0. The van der Waals surface area contributed by atoms with Crippen LogP contribution in [-0.4, -0.2) is 36.7 Å². The van der Waals surface area contributed by atoms with Crippen LogP contribution in [0.25, 0.3) is 0 Å². The second kappa shape index (κ2) is 12.1. The second-order valence-corrected chi connectivity index (χ2v) is 8.15. The van der Waals surface area contributed by atoms with Crippen molar-refractivity contribution in [1.29, 1.82) is 0 Å². The van der Waals surface area contributed by atoms with Crippen LogP contribution in [0.5, 0.6) is 5.75 Å². The van der Waals surface area contributed by atoms with Gasteiger partial charge in [0.15, 0.2) is 0 Å². The number of nitrogens with zero attached hydrogens (tertiary/aromatic N) is 1. The molecule has 0 bridgehead atoms. The summed E-state index contributed by atoms with van der Waals surface area (Å²) in [5.41, 5.74) is 2.45. The summed E-state index contributed by atoms with van der Waals surface area (Å²) in [7, 11) is 1.68. The van der Waals surface area contributed by atoms with Crippen molar-refractivity contribution in [3.8, 4) is 5.75 Å². The third kappa shape index (κ3) is 7.12. The van der Waals surface area contributed by atoms with Crippen LogP contribution >= 0.6 is 0 Å². The molecule has 5 nitrogen and oxygen atoms in total. The van der Waals surface area contributed by atoms with Crippen molar-refractivity contribution in [2.45, 2.75) is 63.8 Å². The van der Waals surface area contributed by atoms with E-state index in [1.165, 1.54) is 29.7 Å². The normalized spacial score (nSPS) is 15.7. The van der Waals surface area contributed by atoms with Crippen molar-refractivity contribution in [3.05, 3.63) is 65.7 Å². The Bertz CT molecular complexity index is 819. The van der Waals surface area contributed by atoms with Crippen LogP contribution in [-0.2, 0) is 22.4 Å². The number of carbonyl (C=O) groups excluding carboxylic acids is 2. The van der Waals surface area contributed by atoms with E-state index in [1.54, 1.807) is 7.11 Å². The topological polar surface area (TPSA) is 55.8 Å². The molecule has 0 spiro atoms. The number of ether oxygens (including phenoxy) is 2. The molecule has 1 aliphatic heterocycles. The molecule has 1 saturated heterocycles. The highest BCUT2D eigenvalue weighted by atomic mass is 16.6. The van der Waals surface area contributed by atoms with E-state index < -0.39 is 6.09 Å². The third-order valence-electron chi connectivity index (χ3n) is 5.81. The zero-order valence-electron chi connectivity index (χ0n) is 18.4. The van der Waals surface area contributed by atoms with Crippen molar-refractivity contribution in [2.24, 2.45) is 0 Å². The van der Waals surface area contributed by atoms with Gasteiger partial charge in [-0.3, -0.25) is 4.79 Å². The lowest BCUT2D eigenvalue weighted by atomic mass is 10.0. The molecule has 1 aliphatic rings. The van der Waals surface area contributed by atoms with Gasteiger partial charge in [-0.25, -0.2) is 9.69 Å². The summed E-state index contributed by atoms with van der Waals surface area (Å²) >= 11 is 0. The summed E-state index contributed by atoms with van der Waals surface area (Å²) in [5.74, 6) is 0.787. The van der Waals surface area contributed by atoms with E-state index >= 15 is 0 Å². The van der Waals surface area contributed by atoms with Gasteiger partial charge in [-0.05, 0) is 48.9 Å². The van der Waals surface area contributed by atoms with E-state index in [0.29, 0.717) is 12.8 Å². The molecule has 5 heteroatoms. The van der Waals surface area contributed by atoms with Gasteiger partial charge in [0, 0.05) is 6.42 Å². The molecule has 0 saturated carbocycles. The van der Waals surface area contributed by atoms with E-state index in [1.807, 2.05) is 42.5 Å². The fourth-order valence-electron chi connectivity index (χ4n) is 4.03. The molecule has 2 aromatic carbocycles. The summed E-state index contributed by atoms with van der Waals surface area (Å²) in [5, 5.41) is 0. The van der Waals surface area contributed by atoms with E-state index in [9.17, 15) is 9.59 Å². The fraction of sp³-hybridized carbons (Fsp3) is 0.462. The molecule has 1 fully saturated rings. The number of imide groups is 1. The Morgan fingerprint density at radius 2 is 1.61 bits per heavy atom. The maximum atomic E-state index is 12.6. The molecule has 2 aromatic rings. The Balaban J connectivity index is 1.29. The Labute approximate surface area is 185 Å². The van der Waals surface area contributed by atoms with Gasteiger partial charge in [0.05, 0.1) is 13.2 Å². The number of hydrogen-bond acceptors (Lipinski definition) is 4. The number of unbranched alkanes of at least 4 members (excludes halogenated alkanes) is 5. The van der Waals surface area contributed by atoms with Crippen molar-refractivity contribution in [1.82, 2.24) is 4.90 Å². The van der Waals surface area contributed by atoms with E-state index in [4.69, 9.17) is 9.47 Å². The van der Waals surface area contributed by atoms with Gasteiger partial charge in [0.2, 0.25) is 5.91 Å².